The van der Waals surface area contributed by atoms with Crippen molar-refractivity contribution in [3.63, 3.8) is 0 Å². The Balaban J connectivity index is 1.92. The third-order valence-electron chi connectivity index (χ3n) is 3.97. The molecule has 0 spiro atoms. The zero-order chi connectivity index (χ0) is 12.0. The van der Waals surface area contributed by atoms with Gasteiger partial charge in [0.25, 0.3) is 0 Å². The molecule has 2 fully saturated rings. The number of hydrogen-bond donors (Lipinski definition) is 1. The van der Waals surface area contributed by atoms with Crippen LogP contribution in [0.2, 0.25) is 5.02 Å². The van der Waals surface area contributed by atoms with E-state index in [-0.39, 0.29) is 10.8 Å². The third kappa shape index (κ3) is 1.91. The third-order valence-corrected chi connectivity index (χ3v) is 4.28. The minimum atomic E-state index is -0.335. The van der Waals surface area contributed by atoms with Crippen LogP contribution >= 0.6 is 11.6 Å². The Hall–Kier alpha value is -0.800. The van der Waals surface area contributed by atoms with E-state index in [0.29, 0.717) is 18.1 Å². The summed E-state index contributed by atoms with van der Waals surface area (Å²) < 4.78 is 13.5. The summed E-state index contributed by atoms with van der Waals surface area (Å²) in [6.45, 7) is 0. The molecule has 2 aliphatic heterocycles. The van der Waals surface area contributed by atoms with Gasteiger partial charge >= 0.3 is 0 Å². The summed E-state index contributed by atoms with van der Waals surface area (Å²) in [5.41, 5.74) is 6.98. The first kappa shape index (κ1) is 11.3. The van der Waals surface area contributed by atoms with Crippen molar-refractivity contribution in [2.24, 2.45) is 5.73 Å². The minimum Gasteiger partial charge on any atom is -0.365 e. The molecule has 1 aromatic rings. The number of anilines is 1. The normalized spacial score (nSPS) is 31.9. The van der Waals surface area contributed by atoms with Gasteiger partial charge in [-0.3, -0.25) is 0 Å². The molecule has 3 rings (SSSR count). The molecule has 2 N–H and O–H groups in total. The van der Waals surface area contributed by atoms with E-state index >= 15 is 0 Å². The molecule has 0 aromatic heterocycles. The van der Waals surface area contributed by atoms with Crippen LogP contribution in [0.4, 0.5) is 10.1 Å². The highest BCUT2D eigenvalue weighted by Crippen LogP contribution is 2.39. The largest absolute Gasteiger partial charge is 0.365 e. The van der Waals surface area contributed by atoms with Crippen molar-refractivity contribution in [3.05, 3.63) is 29.0 Å². The molecule has 0 aliphatic carbocycles. The molecular formula is C13H16ClFN2. The number of hydrogen-bond acceptors (Lipinski definition) is 2. The predicted molar refractivity (Wildman–Crippen MR) is 67.9 cm³/mol. The van der Waals surface area contributed by atoms with Gasteiger partial charge in [0.1, 0.15) is 5.82 Å². The molecule has 2 bridgehead atoms. The molecule has 92 valence electrons. The minimum absolute atomic E-state index is 0.190. The monoisotopic (exact) mass is 254 g/mol. The first-order valence-corrected chi connectivity index (χ1v) is 6.52. The molecule has 0 radical (unpaired) electrons. The predicted octanol–water partition coefficient (Wildman–Crippen LogP) is 2.94. The summed E-state index contributed by atoms with van der Waals surface area (Å²) >= 11 is 5.72. The van der Waals surface area contributed by atoms with E-state index in [1.165, 1.54) is 12.8 Å². The molecule has 2 atom stereocenters. The van der Waals surface area contributed by atoms with Gasteiger partial charge in [0, 0.05) is 23.8 Å². The fourth-order valence-corrected chi connectivity index (χ4v) is 3.40. The Kier molecular flexibility index (Phi) is 2.75. The number of fused-ring (bicyclic) bond motifs is 2. The van der Waals surface area contributed by atoms with Crippen LogP contribution in [0.25, 0.3) is 0 Å². The Morgan fingerprint density at radius 1 is 1.24 bits per heavy atom. The summed E-state index contributed by atoms with van der Waals surface area (Å²) in [4.78, 5) is 2.34. The van der Waals surface area contributed by atoms with E-state index in [0.717, 1.165) is 18.5 Å². The number of rotatable bonds is 1. The SMILES string of the molecule is NC1CC2CCC(C1)N2c1ccc(Cl)c(F)c1. The molecular weight excluding hydrogens is 239 g/mol. The molecule has 2 aliphatic rings. The van der Waals surface area contributed by atoms with E-state index in [1.54, 1.807) is 12.1 Å². The van der Waals surface area contributed by atoms with Crippen LogP contribution < -0.4 is 10.6 Å². The van der Waals surface area contributed by atoms with Crippen LogP contribution in [-0.4, -0.2) is 18.1 Å². The van der Waals surface area contributed by atoms with Crippen LogP contribution in [0.1, 0.15) is 25.7 Å². The average Bonchev–Trinajstić information content (AvgIpc) is 2.55. The van der Waals surface area contributed by atoms with E-state index in [2.05, 4.69) is 4.90 Å². The maximum absolute atomic E-state index is 13.5. The Morgan fingerprint density at radius 3 is 2.47 bits per heavy atom. The average molecular weight is 255 g/mol. The Labute approximate surface area is 106 Å². The van der Waals surface area contributed by atoms with Crippen molar-refractivity contribution in [3.8, 4) is 0 Å². The van der Waals surface area contributed by atoms with Crippen LogP contribution in [0, 0.1) is 5.82 Å². The van der Waals surface area contributed by atoms with E-state index < -0.39 is 0 Å². The van der Waals surface area contributed by atoms with Crippen LogP contribution in [0.3, 0.4) is 0 Å². The van der Waals surface area contributed by atoms with E-state index in [4.69, 9.17) is 17.3 Å². The molecule has 0 saturated carbocycles. The van der Waals surface area contributed by atoms with Gasteiger partial charge < -0.3 is 10.6 Å². The van der Waals surface area contributed by atoms with Crippen LogP contribution in [0.5, 0.6) is 0 Å². The number of benzene rings is 1. The van der Waals surface area contributed by atoms with Gasteiger partial charge in [-0.2, -0.15) is 0 Å². The van der Waals surface area contributed by atoms with Gasteiger partial charge in [-0.15, -0.1) is 0 Å². The zero-order valence-electron chi connectivity index (χ0n) is 9.57. The lowest BCUT2D eigenvalue weighted by Crippen LogP contribution is -2.47. The lowest BCUT2D eigenvalue weighted by molar-refractivity contribution is 0.414. The second-order valence-electron chi connectivity index (χ2n) is 5.12. The van der Waals surface area contributed by atoms with E-state index in [9.17, 15) is 4.39 Å². The molecule has 2 saturated heterocycles. The number of halogens is 2. The van der Waals surface area contributed by atoms with Crippen LogP contribution in [-0.2, 0) is 0 Å². The lowest BCUT2D eigenvalue weighted by Gasteiger charge is -2.39. The fraction of sp³-hybridized carbons (Fsp3) is 0.538. The van der Waals surface area contributed by atoms with Gasteiger partial charge in [-0.1, -0.05) is 11.6 Å². The molecule has 2 heterocycles. The maximum Gasteiger partial charge on any atom is 0.143 e. The highest BCUT2D eigenvalue weighted by atomic mass is 35.5. The topological polar surface area (TPSA) is 29.3 Å². The van der Waals surface area contributed by atoms with Crippen LogP contribution in [0.15, 0.2) is 18.2 Å². The first-order valence-electron chi connectivity index (χ1n) is 6.14. The number of nitrogens with zero attached hydrogens (tertiary/aromatic N) is 1. The molecule has 17 heavy (non-hydrogen) atoms. The fourth-order valence-electron chi connectivity index (χ4n) is 3.29. The Bertz CT molecular complexity index is 423. The summed E-state index contributed by atoms with van der Waals surface area (Å²) in [7, 11) is 0. The van der Waals surface area contributed by atoms with Crippen molar-refractivity contribution >= 4 is 17.3 Å². The second-order valence-corrected chi connectivity index (χ2v) is 5.53. The highest BCUT2D eigenvalue weighted by molar-refractivity contribution is 6.30. The highest BCUT2D eigenvalue weighted by Gasteiger charge is 2.39. The number of piperidine rings is 1. The first-order chi connectivity index (χ1) is 8.15. The summed E-state index contributed by atoms with van der Waals surface area (Å²) in [5.74, 6) is -0.335. The summed E-state index contributed by atoms with van der Waals surface area (Å²) in [5, 5.41) is 0.190. The quantitative estimate of drug-likeness (QED) is 0.835. The molecule has 2 unspecified atom stereocenters. The lowest BCUT2D eigenvalue weighted by atomic mass is 9.97. The molecule has 1 aromatic carbocycles. The summed E-state index contributed by atoms with van der Waals surface area (Å²) in [6, 6.07) is 6.35. The van der Waals surface area contributed by atoms with E-state index in [1.807, 2.05) is 6.07 Å². The summed E-state index contributed by atoms with van der Waals surface area (Å²) in [6.07, 6.45) is 4.37. The standard InChI is InChI=1S/C13H16ClFN2/c14-12-4-3-11(7-13(12)15)17-9-1-2-10(17)6-8(16)5-9/h3-4,7-10H,1-2,5-6,16H2. The molecule has 4 heteroatoms. The smallest absolute Gasteiger partial charge is 0.143 e. The van der Waals surface area contributed by atoms with Gasteiger partial charge in [0.2, 0.25) is 0 Å². The van der Waals surface area contributed by atoms with Gasteiger partial charge in [-0.25, -0.2) is 4.39 Å². The molecule has 0 amide bonds. The zero-order valence-corrected chi connectivity index (χ0v) is 10.3. The maximum atomic E-state index is 13.5. The number of nitrogens with two attached hydrogens (primary N) is 1. The van der Waals surface area contributed by atoms with Crippen molar-refractivity contribution < 1.29 is 4.39 Å². The van der Waals surface area contributed by atoms with Crippen molar-refractivity contribution in [2.75, 3.05) is 4.90 Å². The van der Waals surface area contributed by atoms with Gasteiger partial charge in [-0.05, 0) is 43.9 Å². The van der Waals surface area contributed by atoms with Gasteiger partial charge in [0.15, 0.2) is 0 Å². The second kappa shape index (κ2) is 4.14. The van der Waals surface area contributed by atoms with Crippen molar-refractivity contribution in [1.29, 1.82) is 0 Å². The molecule has 2 nitrogen and oxygen atoms in total. The van der Waals surface area contributed by atoms with Gasteiger partial charge in [0.05, 0.1) is 5.02 Å². The van der Waals surface area contributed by atoms with Crippen molar-refractivity contribution in [1.82, 2.24) is 0 Å². The Morgan fingerprint density at radius 2 is 1.88 bits per heavy atom. The van der Waals surface area contributed by atoms with Crippen molar-refractivity contribution in [2.45, 2.75) is 43.8 Å².